The Morgan fingerprint density at radius 1 is 1.09 bits per heavy atom. The lowest BCUT2D eigenvalue weighted by atomic mass is 9.94. The summed E-state index contributed by atoms with van der Waals surface area (Å²) < 4.78 is 23.9. The summed E-state index contributed by atoms with van der Waals surface area (Å²) in [4.78, 5) is 24.5. The molecule has 1 unspecified atom stereocenters. The minimum absolute atomic E-state index is 0.195. The summed E-state index contributed by atoms with van der Waals surface area (Å²) in [6, 6.07) is 13.4. The number of nitrogens with one attached hydrogen (secondary N) is 1. The molecule has 0 aliphatic heterocycles. The number of ether oxygens (including phenoxy) is 2. The van der Waals surface area contributed by atoms with Gasteiger partial charge in [0, 0.05) is 6.04 Å². The summed E-state index contributed by atoms with van der Waals surface area (Å²) >= 11 is 0. The maximum atomic E-state index is 13.5. The van der Waals surface area contributed by atoms with Crippen molar-refractivity contribution < 1.29 is 28.6 Å². The largest absolute Gasteiger partial charge is 0.466 e. The Kier molecular flexibility index (Phi) is 9.20. The zero-order valence-electron chi connectivity index (χ0n) is 19.1. The zero-order valence-corrected chi connectivity index (χ0v) is 19.1. The van der Waals surface area contributed by atoms with Gasteiger partial charge in [0.1, 0.15) is 11.4 Å². The molecule has 0 spiro atoms. The van der Waals surface area contributed by atoms with Gasteiger partial charge < -0.3 is 19.9 Å². The predicted molar refractivity (Wildman–Crippen MR) is 121 cm³/mol. The topological polar surface area (TPSA) is 84.9 Å². The predicted octanol–water partition coefficient (Wildman–Crippen LogP) is 4.49. The van der Waals surface area contributed by atoms with Crippen LogP contribution in [0.15, 0.2) is 48.5 Å². The lowest BCUT2D eigenvalue weighted by Gasteiger charge is -2.25. The van der Waals surface area contributed by atoms with E-state index in [0.717, 1.165) is 16.7 Å². The Labute approximate surface area is 188 Å². The van der Waals surface area contributed by atoms with Gasteiger partial charge in [-0.3, -0.25) is 4.79 Å². The molecule has 2 aromatic carbocycles. The SMILES string of the molecule is CCOC(=O)C(CO)C[C@@H](Cc1ccc(-c2cccc(F)c2)cc1)NC(=O)OC(C)(C)C. The van der Waals surface area contributed by atoms with Crippen LogP contribution in [0.3, 0.4) is 0 Å². The molecule has 0 aliphatic carbocycles. The van der Waals surface area contributed by atoms with Crippen LogP contribution < -0.4 is 5.32 Å². The summed E-state index contributed by atoms with van der Waals surface area (Å²) in [5, 5.41) is 12.5. The van der Waals surface area contributed by atoms with Crippen molar-refractivity contribution in [3.05, 3.63) is 59.9 Å². The van der Waals surface area contributed by atoms with Gasteiger partial charge in [0.15, 0.2) is 0 Å². The normalized spacial score (nSPS) is 13.2. The average molecular weight is 446 g/mol. The van der Waals surface area contributed by atoms with Crippen LogP contribution in [-0.4, -0.2) is 42.0 Å². The highest BCUT2D eigenvalue weighted by Gasteiger charge is 2.26. The van der Waals surface area contributed by atoms with Gasteiger partial charge in [-0.1, -0.05) is 36.4 Å². The van der Waals surface area contributed by atoms with Crippen molar-refractivity contribution in [1.82, 2.24) is 5.32 Å². The van der Waals surface area contributed by atoms with Crippen LogP contribution in [0.4, 0.5) is 9.18 Å². The smallest absolute Gasteiger partial charge is 0.407 e. The quantitative estimate of drug-likeness (QED) is 0.556. The lowest BCUT2D eigenvalue weighted by Crippen LogP contribution is -2.42. The molecule has 1 amide bonds. The minimum Gasteiger partial charge on any atom is -0.466 e. The summed E-state index contributed by atoms with van der Waals surface area (Å²) in [5.74, 6) is -1.57. The van der Waals surface area contributed by atoms with E-state index in [1.165, 1.54) is 12.1 Å². The fourth-order valence-electron chi connectivity index (χ4n) is 3.30. The number of hydrogen-bond donors (Lipinski definition) is 2. The molecule has 0 saturated heterocycles. The molecule has 0 bridgehead atoms. The van der Waals surface area contributed by atoms with Gasteiger partial charge in [0.25, 0.3) is 0 Å². The fourth-order valence-corrected chi connectivity index (χ4v) is 3.30. The molecule has 6 nitrogen and oxygen atoms in total. The Morgan fingerprint density at radius 3 is 2.34 bits per heavy atom. The van der Waals surface area contributed by atoms with Gasteiger partial charge in [0.05, 0.1) is 19.1 Å². The zero-order chi connectivity index (χ0) is 23.7. The van der Waals surface area contributed by atoms with E-state index in [9.17, 15) is 19.1 Å². The summed E-state index contributed by atoms with van der Waals surface area (Å²) in [6.07, 6.45) is 0.0122. The molecule has 0 aliphatic rings. The molecule has 0 fully saturated rings. The molecule has 0 aromatic heterocycles. The number of aliphatic hydroxyl groups is 1. The van der Waals surface area contributed by atoms with Gasteiger partial charge in [0.2, 0.25) is 0 Å². The Morgan fingerprint density at radius 2 is 1.78 bits per heavy atom. The van der Waals surface area contributed by atoms with E-state index in [4.69, 9.17) is 9.47 Å². The number of carbonyl (C=O) groups is 2. The monoisotopic (exact) mass is 445 g/mol. The van der Waals surface area contributed by atoms with E-state index < -0.39 is 29.6 Å². The number of benzene rings is 2. The van der Waals surface area contributed by atoms with Crippen molar-refractivity contribution in [3.63, 3.8) is 0 Å². The highest BCUT2D eigenvalue weighted by molar-refractivity contribution is 5.73. The number of aliphatic hydroxyl groups excluding tert-OH is 1. The molecule has 7 heteroatoms. The minimum atomic E-state index is -0.763. The van der Waals surface area contributed by atoms with Gasteiger partial charge in [-0.25, -0.2) is 9.18 Å². The Hall–Kier alpha value is -2.93. The molecule has 0 heterocycles. The average Bonchev–Trinajstić information content (AvgIpc) is 2.71. The molecule has 2 rings (SSSR count). The summed E-state index contributed by atoms with van der Waals surface area (Å²) in [5.41, 5.74) is 1.87. The van der Waals surface area contributed by atoms with E-state index in [1.807, 2.05) is 30.3 Å². The summed E-state index contributed by atoms with van der Waals surface area (Å²) in [6.45, 7) is 6.82. The Bertz CT molecular complexity index is 892. The van der Waals surface area contributed by atoms with Crippen molar-refractivity contribution >= 4 is 12.1 Å². The number of rotatable bonds is 9. The second kappa shape index (κ2) is 11.6. The molecule has 0 saturated carbocycles. The van der Waals surface area contributed by atoms with Crippen LogP contribution in [0.25, 0.3) is 11.1 Å². The van der Waals surface area contributed by atoms with Crippen molar-refractivity contribution in [2.75, 3.05) is 13.2 Å². The van der Waals surface area contributed by atoms with Crippen molar-refractivity contribution in [2.24, 2.45) is 5.92 Å². The van der Waals surface area contributed by atoms with E-state index >= 15 is 0 Å². The first kappa shape index (κ1) is 25.3. The highest BCUT2D eigenvalue weighted by Crippen LogP contribution is 2.22. The highest BCUT2D eigenvalue weighted by atomic mass is 19.1. The third-order valence-corrected chi connectivity index (χ3v) is 4.72. The van der Waals surface area contributed by atoms with Crippen LogP contribution in [0, 0.1) is 11.7 Å². The van der Waals surface area contributed by atoms with Crippen molar-refractivity contribution in [1.29, 1.82) is 0 Å². The number of carbonyl (C=O) groups excluding carboxylic acids is 2. The molecule has 32 heavy (non-hydrogen) atoms. The van der Waals surface area contributed by atoms with E-state index in [2.05, 4.69) is 5.32 Å². The molecular formula is C25H32FNO5. The first-order chi connectivity index (χ1) is 15.1. The number of alkyl carbamates (subject to hydrolysis) is 1. The second-order valence-corrected chi connectivity index (χ2v) is 8.62. The number of halogens is 1. The van der Waals surface area contributed by atoms with Crippen LogP contribution >= 0.6 is 0 Å². The van der Waals surface area contributed by atoms with Crippen LogP contribution in [0.2, 0.25) is 0 Å². The first-order valence-electron chi connectivity index (χ1n) is 10.7. The van der Waals surface area contributed by atoms with Crippen molar-refractivity contribution in [2.45, 2.75) is 52.2 Å². The van der Waals surface area contributed by atoms with Gasteiger partial charge in [-0.2, -0.15) is 0 Å². The molecule has 2 N–H and O–H groups in total. The first-order valence-corrected chi connectivity index (χ1v) is 10.7. The van der Waals surface area contributed by atoms with Gasteiger partial charge in [-0.15, -0.1) is 0 Å². The third kappa shape index (κ3) is 8.30. The van der Waals surface area contributed by atoms with E-state index in [1.54, 1.807) is 33.8 Å². The molecule has 2 atom stereocenters. The number of hydrogen-bond acceptors (Lipinski definition) is 5. The van der Waals surface area contributed by atoms with E-state index in [0.29, 0.717) is 6.42 Å². The summed E-state index contributed by atoms with van der Waals surface area (Å²) in [7, 11) is 0. The lowest BCUT2D eigenvalue weighted by molar-refractivity contribution is -0.149. The van der Waals surface area contributed by atoms with Crippen LogP contribution in [-0.2, 0) is 20.7 Å². The van der Waals surface area contributed by atoms with Crippen LogP contribution in [0.5, 0.6) is 0 Å². The number of amides is 1. The van der Waals surface area contributed by atoms with Crippen LogP contribution in [0.1, 0.15) is 39.7 Å². The molecule has 2 aromatic rings. The second-order valence-electron chi connectivity index (χ2n) is 8.62. The Balaban J connectivity index is 2.17. The third-order valence-electron chi connectivity index (χ3n) is 4.72. The molecule has 0 radical (unpaired) electrons. The fraction of sp³-hybridized carbons (Fsp3) is 0.440. The maximum absolute atomic E-state index is 13.5. The van der Waals surface area contributed by atoms with E-state index in [-0.39, 0.29) is 25.5 Å². The molecule has 174 valence electrons. The maximum Gasteiger partial charge on any atom is 0.407 e. The molecular weight excluding hydrogens is 413 g/mol. The van der Waals surface area contributed by atoms with Gasteiger partial charge >= 0.3 is 12.1 Å². The number of esters is 1. The van der Waals surface area contributed by atoms with Crippen molar-refractivity contribution in [3.8, 4) is 11.1 Å². The standard InChI is InChI=1S/C25H32FNO5/c1-5-31-23(29)20(16-28)15-22(27-24(30)32-25(2,3)4)13-17-9-11-18(12-10-17)19-7-6-8-21(26)14-19/h6-12,14,20,22,28H,5,13,15-16H2,1-4H3,(H,27,30)/t20?,22-/m1/s1. The van der Waals surface area contributed by atoms with Gasteiger partial charge in [-0.05, 0) is 69.4 Å².